The minimum absolute atomic E-state index is 0.230. The van der Waals surface area contributed by atoms with Gasteiger partial charge >= 0.3 is 6.09 Å². The molecule has 1 N–H and O–H groups in total. The number of rotatable bonds is 3. The molecule has 23 heavy (non-hydrogen) atoms. The number of carbonyl (C=O) groups excluding carboxylic acids is 1. The second-order valence-electron chi connectivity index (χ2n) is 7.14. The molecule has 0 aliphatic carbocycles. The van der Waals surface area contributed by atoms with Crippen LogP contribution in [0.15, 0.2) is 12.1 Å². The van der Waals surface area contributed by atoms with Crippen LogP contribution in [0.1, 0.15) is 38.3 Å². The fourth-order valence-corrected chi connectivity index (χ4v) is 2.89. The molecule has 1 aliphatic heterocycles. The Bertz CT molecular complexity index is 578. The van der Waals surface area contributed by atoms with E-state index in [0.717, 1.165) is 29.0 Å². The highest BCUT2D eigenvalue weighted by atomic mass is 16.6. The third-order valence-corrected chi connectivity index (χ3v) is 4.01. The van der Waals surface area contributed by atoms with Gasteiger partial charge < -0.3 is 19.7 Å². The smallest absolute Gasteiger partial charge is 0.410 e. The van der Waals surface area contributed by atoms with Gasteiger partial charge in [-0.2, -0.15) is 0 Å². The molecule has 0 bridgehead atoms. The Morgan fingerprint density at radius 1 is 1.30 bits per heavy atom. The van der Waals surface area contributed by atoms with Crippen LogP contribution in [-0.4, -0.2) is 42.8 Å². The molecule has 2 rings (SSSR count). The van der Waals surface area contributed by atoms with Gasteiger partial charge in [0.1, 0.15) is 11.4 Å². The summed E-state index contributed by atoms with van der Waals surface area (Å²) in [5, 5.41) is 3.53. The average molecular weight is 320 g/mol. The second-order valence-corrected chi connectivity index (χ2v) is 7.14. The van der Waals surface area contributed by atoms with Crippen LogP contribution in [0.5, 0.6) is 5.75 Å². The highest BCUT2D eigenvalue weighted by Crippen LogP contribution is 2.30. The van der Waals surface area contributed by atoms with E-state index in [2.05, 4.69) is 24.4 Å². The molecule has 128 valence electrons. The van der Waals surface area contributed by atoms with Crippen LogP contribution in [0.3, 0.4) is 0 Å². The van der Waals surface area contributed by atoms with Gasteiger partial charge in [0.25, 0.3) is 0 Å². The highest BCUT2D eigenvalue weighted by Gasteiger charge is 2.30. The number of benzene rings is 1. The van der Waals surface area contributed by atoms with Gasteiger partial charge in [0.2, 0.25) is 0 Å². The first kappa shape index (κ1) is 17.4. The molecule has 1 aromatic carbocycles. The lowest BCUT2D eigenvalue weighted by atomic mass is 10.1. The van der Waals surface area contributed by atoms with Crippen molar-refractivity contribution in [3.8, 4) is 5.75 Å². The number of methoxy groups -OCH3 is 1. The number of hydrogen-bond donors (Lipinski definition) is 1. The summed E-state index contributed by atoms with van der Waals surface area (Å²) >= 11 is 0. The fourth-order valence-electron chi connectivity index (χ4n) is 2.89. The summed E-state index contributed by atoms with van der Waals surface area (Å²) in [5.41, 5.74) is 2.83. The quantitative estimate of drug-likeness (QED) is 0.922. The number of nitrogens with zero attached hydrogens (tertiary/aromatic N) is 1. The third kappa shape index (κ3) is 4.30. The summed E-state index contributed by atoms with van der Waals surface area (Å²) in [6.07, 6.45) is 0.675. The van der Waals surface area contributed by atoms with Gasteiger partial charge in [-0.1, -0.05) is 6.07 Å². The number of likely N-dealkylation sites (tertiary alicyclic amines) is 1. The van der Waals surface area contributed by atoms with Gasteiger partial charge in [0, 0.05) is 30.4 Å². The highest BCUT2D eigenvalue weighted by molar-refractivity contribution is 5.69. The molecule has 1 amide bonds. The second kappa shape index (κ2) is 6.69. The van der Waals surface area contributed by atoms with Gasteiger partial charge in [-0.15, -0.1) is 0 Å². The van der Waals surface area contributed by atoms with E-state index in [1.807, 2.05) is 27.7 Å². The normalized spacial score (nSPS) is 18.0. The van der Waals surface area contributed by atoms with Crippen LogP contribution in [0.2, 0.25) is 0 Å². The van der Waals surface area contributed by atoms with Crippen LogP contribution in [0.25, 0.3) is 0 Å². The molecule has 5 nitrogen and oxygen atoms in total. The SMILES string of the molecule is COc1c(C)ccc(NC2CCN(C(=O)OC(C)(C)C)C2)c1C. The van der Waals surface area contributed by atoms with Crippen molar-refractivity contribution in [1.82, 2.24) is 4.90 Å². The molecule has 0 spiro atoms. The van der Waals surface area contributed by atoms with E-state index in [1.165, 1.54) is 0 Å². The monoisotopic (exact) mass is 320 g/mol. The number of nitrogens with one attached hydrogen (secondary N) is 1. The zero-order valence-corrected chi connectivity index (χ0v) is 15.0. The Morgan fingerprint density at radius 2 is 2.00 bits per heavy atom. The van der Waals surface area contributed by atoms with E-state index in [4.69, 9.17) is 9.47 Å². The maximum atomic E-state index is 12.1. The van der Waals surface area contributed by atoms with Crippen molar-refractivity contribution in [2.24, 2.45) is 0 Å². The van der Waals surface area contributed by atoms with E-state index in [0.29, 0.717) is 13.1 Å². The number of amides is 1. The minimum atomic E-state index is -0.455. The number of hydrogen-bond acceptors (Lipinski definition) is 4. The van der Waals surface area contributed by atoms with Crippen molar-refractivity contribution in [3.63, 3.8) is 0 Å². The Kier molecular flexibility index (Phi) is 5.07. The van der Waals surface area contributed by atoms with Crippen molar-refractivity contribution >= 4 is 11.8 Å². The minimum Gasteiger partial charge on any atom is -0.496 e. The number of carbonyl (C=O) groups is 1. The van der Waals surface area contributed by atoms with E-state index in [-0.39, 0.29) is 12.1 Å². The molecular weight excluding hydrogens is 292 g/mol. The molecule has 0 aromatic heterocycles. The van der Waals surface area contributed by atoms with Gasteiger partial charge in [-0.3, -0.25) is 0 Å². The van der Waals surface area contributed by atoms with E-state index in [1.54, 1.807) is 12.0 Å². The predicted molar refractivity (Wildman–Crippen MR) is 92.3 cm³/mol. The number of anilines is 1. The average Bonchev–Trinajstić information content (AvgIpc) is 2.89. The van der Waals surface area contributed by atoms with Gasteiger partial charge in [-0.25, -0.2) is 4.79 Å². The topological polar surface area (TPSA) is 50.8 Å². The van der Waals surface area contributed by atoms with Crippen molar-refractivity contribution in [2.45, 2.75) is 52.7 Å². The standard InChI is InChI=1S/C18H28N2O3/c1-12-7-8-15(13(2)16(12)22-6)19-14-9-10-20(11-14)17(21)23-18(3,4)5/h7-8,14,19H,9-11H2,1-6H3. The summed E-state index contributed by atoms with van der Waals surface area (Å²) in [4.78, 5) is 13.9. The van der Waals surface area contributed by atoms with Gasteiger partial charge in [0.15, 0.2) is 0 Å². The molecule has 1 atom stereocenters. The summed E-state index contributed by atoms with van der Waals surface area (Å²) in [6.45, 7) is 11.1. The van der Waals surface area contributed by atoms with Crippen molar-refractivity contribution < 1.29 is 14.3 Å². The molecule has 0 radical (unpaired) electrons. The van der Waals surface area contributed by atoms with E-state index < -0.39 is 5.60 Å². The summed E-state index contributed by atoms with van der Waals surface area (Å²) in [6, 6.07) is 4.35. The molecule has 1 aliphatic rings. The van der Waals surface area contributed by atoms with Crippen LogP contribution >= 0.6 is 0 Å². The molecule has 5 heteroatoms. The Morgan fingerprint density at radius 3 is 2.61 bits per heavy atom. The van der Waals surface area contributed by atoms with E-state index >= 15 is 0 Å². The van der Waals surface area contributed by atoms with Crippen LogP contribution in [0, 0.1) is 13.8 Å². The number of ether oxygens (including phenoxy) is 2. The lowest BCUT2D eigenvalue weighted by Crippen LogP contribution is -2.36. The first-order valence-electron chi connectivity index (χ1n) is 8.10. The maximum absolute atomic E-state index is 12.1. The fraction of sp³-hybridized carbons (Fsp3) is 0.611. The van der Waals surface area contributed by atoms with Crippen LogP contribution < -0.4 is 10.1 Å². The predicted octanol–water partition coefficient (Wildman–Crippen LogP) is 3.73. The molecular formula is C18H28N2O3. The molecule has 1 aromatic rings. The molecule has 0 saturated carbocycles. The maximum Gasteiger partial charge on any atom is 0.410 e. The first-order valence-corrected chi connectivity index (χ1v) is 8.10. The van der Waals surface area contributed by atoms with Crippen LogP contribution in [-0.2, 0) is 4.74 Å². The zero-order valence-electron chi connectivity index (χ0n) is 15.0. The summed E-state index contributed by atoms with van der Waals surface area (Å²) < 4.78 is 10.9. The Labute approximate surface area is 139 Å². The molecule has 1 unspecified atom stereocenters. The summed E-state index contributed by atoms with van der Waals surface area (Å²) in [5.74, 6) is 0.914. The van der Waals surface area contributed by atoms with Gasteiger partial charge in [-0.05, 0) is 52.7 Å². The van der Waals surface area contributed by atoms with Crippen molar-refractivity contribution in [2.75, 3.05) is 25.5 Å². The molecule has 1 saturated heterocycles. The lowest BCUT2D eigenvalue weighted by Gasteiger charge is -2.24. The Hall–Kier alpha value is -1.91. The Balaban J connectivity index is 2.00. The lowest BCUT2D eigenvalue weighted by molar-refractivity contribution is 0.0293. The first-order chi connectivity index (χ1) is 10.7. The van der Waals surface area contributed by atoms with Gasteiger partial charge in [0.05, 0.1) is 7.11 Å². The molecule has 1 fully saturated rings. The summed E-state index contributed by atoms with van der Waals surface area (Å²) in [7, 11) is 1.69. The molecule has 1 heterocycles. The van der Waals surface area contributed by atoms with Crippen LogP contribution in [0.4, 0.5) is 10.5 Å². The van der Waals surface area contributed by atoms with E-state index in [9.17, 15) is 4.79 Å². The zero-order chi connectivity index (χ0) is 17.2. The third-order valence-electron chi connectivity index (χ3n) is 4.01. The van der Waals surface area contributed by atoms with Crippen molar-refractivity contribution in [1.29, 1.82) is 0 Å². The van der Waals surface area contributed by atoms with Crippen molar-refractivity contribution in [3.05, 3.63) is 23.3 Å². The largest absolute Gasteiger partial charge is 0.496 e. The number of aryl methyl sites for hydroxylation is 1.